The van der Waals surface area contributed by atoms with Crippen LogP contribution in [0.15, 0.2) is 46.1 Å². The molecule has 0 atom stereocenters. The fraction of sp³-hybridized carbons (Fsp3) is 0.348. The summed E-state index contributed by atoms with van der Waals surface area (Å²) in [4.78, 5) is 38.8. The van der Waals surface area contributed by atoms with Gasteiger partial charge in [-0.3, -0.25) is 14.9 Å². The van der Waals surface area contributed by atoms with Gasteiger partial charge in [-0.2, -0.15) is 0 Å². The summed E-state index contributed by atoms with van der Waals surface area (Å²) < 4.78 is 5.61. The van der Waals surface area contributed by atoms with Crippen molar-refractivity contribution in [3.05, 3.63) is 52.2 Å². The predicted octanol–water partition coefficient (Wildman–Crippen LogP) is 4.96. The van der Waals surface area contributed by atoms with Crippen LogP contribution in [-0.2, 0) is 19.7 Å². The lowest BCUT2D eigenvalue weighted by atomic mass is 9.83. The van der Waals surface area contributed by atoms with E-state index in [2.05, 4.69) is 20.8 Å². The number of thiophene rings is 1. The molecular weight excluding hydrogens is 492 g/mol. The Kier molecular flexibility index (Phi) is 7.96. The monoisotopic (exact) mass is 516 g/mol. The molecule has 2 aromatic heterocycles. The fourth-order valence-electron chi connectivity index (χ4n) is 3.94. The molecule has 3 aromatic rings. The van der Waals surface area contributed by atoms with E-state index < -0.39 is 11.4 Å². The molecule has 1 saturated carbocycles. The number of carbonyl (C=O) groups excluding carboxylic acids is 3. The highest BCUT2D eigenvalue weighted by Gasteiger charge is 2.43. The number of aromatic nitrogens is 2. The Balaban J connectivity index is 1.34. The Labute approximate surface area is 209 Å². The van der Waals surface area contributed by atoms with Crippen molar-refractivity contribution in [3.8, 4) is 0 Å². The van der Waals surface area contributed by atoms with Gasteiger partial charge in [0.1, 0.15) is 0 Å². The first-order valence-corrected chi connectivity index (χ1v) is 13.6. The van der Waals surface area contributed by atoms with Crippen molar-refractivity contribution in [1.82, 2.24) is 10.2 Å². The third kappa shape index (κ3) is 5.48. The van der Waals surface area contributed by atoms with Gasteiger partial charge in [0.2, 0.25) is 16.9 Å². The molecule has 8 nitrogen and oxygen atoms in total. The molecule has 2 heterocycles. The van der Waals surface area contributed by atoms with Crippen LogP contribution in [0.25, 0.3) is 0 Å². The molecule has 0 unspecified atom stereocenters. The molecule has 0 radical (unpaired) electrons. The van der Waals surface area contributed by atoms with Gasteiger partial charge in [-0.1, -0.05) is 54.1 Å². The van der Waals surface area contributed by atoms with Crippen molar-refractivity contribution < 1.29 is 19.1 Å². The van der Waals surface area contributed by atoms with Gasteiger partial charge in [-0.25, -0.2) is 4.79 Å². The molecule has 0 saturated heterocycles. The number of hydrogen-bond acceptors (Lipinski definition) is 9. The molecule has 1 aliphatic carbocycles. The summed E-state index contributed by atoms with van der Waals surface area (Å²) in [5.41, 5.74) is 0.196. The zero-order chi connectivity index (χ0) is 24.0. The van der Waals surface area contributed by atoms with Crippen LogP contribution in [0.5, 0.6) is 0 Å². The first-order valence-electron chi connectivity index (χ1n) is 10.9. The maximum absolute atomic E-state index is 13.2. The summed E-state index contributed by atoms with van der Waals surface area (Å²) in [6, 6.07) is 10.7. The number of hydrogen-bond donors (Lipinski definition) is 2. The van der Waals surface area contributed by atoms with Gasteiger partial charge in [0.05, 0.1) is 29.0 Å². The third-order valence-corrected chi connectivity index (χ3v) is 8.58. The van der Waals surface area contributed by atoms with Gasteiger partial charge < -0.3 is 10.1 Å². The Morgan fingerprint density at radius 3 is 2.62 bits per heavy atom. The lowest BCUT2D eigenvalue weighted by molar-refractivity contribution is -0.121. The van der Waals surface area contributed by atoms with Crippen LogP contribution in [0.1, 0.15) is 47.8 Å². The van der Waals surface area contributed by atoms with E-state index in [9.17, 15) is 14.4 Å². The van der Waals surface area contributed by atoms with E-state index in [1.165, 1.54) is 23.1 Å². The van der Waals surface area contributed by atoms with Crippen molar-refractivity contribution >= 4 is 63.0 Å². The molecule has 1 fully saturated rings. The number of amides is 2. The number of para-hydroxylation sites is 1. The molecule has 2 amide bonds. The predicted molar refractivity (Wildman–Crippen MR) is 135 cm³/mol. The van der Waals surface area contributed by atoms with Gasteiger partial charge in [0, 0.05) is 4.88 Å². The van der Waals surface area contributed by atoms with Crippen LogP contribution >= 0.6 is 34.4 Å². The molecule has 178 valence electrons. The second-order valence-electron chi connectivity index (χ2n) is 7.70. The van der Waals surface area contributed by atoms with Gasteiger partial charge in [0.15, 0.2) is 4.34 Å². The minimum absolute atomic E-state index is 0.0477. The maximum Gasteiger partial charge on any atom is 0.340 e. The molecule has 4 rings (SSSR count). The second kappa shape index (κ2) is 11.1. The van der Waals surface area contributed by atoms with Gasteiger partial charge in [-0.15, -0.1) is 21.5 Å². The summed E-state index contributed by atoms with van der Waals surface area (Å²) in [7, 11) is 0. The van der Waals surface area contributed by atoms with Crippen LogP contribution in [0.4, 0.5) is 10.8 Å². The fourth-order valence-corrected chi connectivity index (χ4v) is 6.47. The molecule has 34 heavy (non-hydrogen) atoms. The number of ether oxygens (including phenoxy) is 1. The Bertz CT molecular complexity index is 1160. The van der Waals surface area contributed by atoms with Crippen LogP contribution in [0, 0.1) is 0 Å². The van der Waals surface area contributed by atoms with Gasteiger partial charge >= 0.3 is 5.97 Å². The largest absolute Gasteiger partial charge is 0.462 e. The third-order valence-electron chi connectivity index (χ3n) is 5.53. The Morgan fingerprint density at radius 1 is 1.09 bits per heavy atom. The molecule has 1 aliphatic rings. The number of thioether (sulfide) groups is 1. The Morgan fingerprint density at radius 2 is 1.88 bits per heavy atom. The average molecular weight is 517 g/mol. The molecule has 0 spiro atoms. The van der Waals surface area contributed by atoms with Crippen molar-refractivity contribution in [3.63, 3.8) is 0 Å². The number of nitrogens with zero attached hydrogens (tertiary/aromatic N) is 2. The van der Waals surface area contributed by atoms with Crippen molar-refractivity contribution in [1.29, 1.82) is 0 Å². The molecule has 1 aromatic carbocycles. The van der Waals surface area contributed by atoms with E-state index in [1.54, 1.807) is 42.5 Å². The molecule has 0 bridgehead atoms. The summed E-state index contributed by atoms with van der Waals surface area (Å²) in [5.74, 6) is -0.740. The smallest absolute Gasteiger partial charge is 0.340 e. The SMILES string of the molecule is CCOC(=O)c1ccccc1NC(=O)CSc1nnc(NC(=O)C2(c3cccs3)CCCC2)s1. The van der Waals surface area contributed by atoms with Crippen molar-refractivity contribution in [2.75, 3.05) is 23.0 Å². The quantitative estimate of drug-likeness (QED) is 0.235. The molecule has 0 aliphatic heterocycles. The lowest BCUT2D eigenvalue weighted by Crippen LogP contribution is -2.37. The van der Waals surface area contributed by atoms with Crippen LogP contribution in [0.3, 0.4) is 0 Å². The number of benzene rings is 1. The maximum atomic E-state index is 13.2. The molecular formula is C23H24N4O4S3. The van der Waals surface area contributed by atoms with Crippen LogP contribution in [0.2, 0.25) is 0 Å². The van der Waals surface area contributed by atoms with E-state index in [-0.39, 0.29) is 24.2 Å². The summed E-state index contributed by atoms with van der Waals surface area (Å²) >= 11 is 4.06. The second-order valence-corrected chi connectivity index (χ2v) is 10.8. The van der Waals surface area contributed by atoms with Crippen LogP contribution < -0.4 is 10.6 Å². The van der Waals surface area contributed by atoms with E-state index >= 15 is 0 Å². The number of nitrogens with one attached hydrogen (secondary N) is 2. The first-order chi connectivity index (χ1) is 16.5. The lowest BCUT2D eigenvalue weighted by Gasteiger charge is -2.25. The van der Waals surface area contributed by atoms with E-state index in [1.807, 2.05) is 17.5 Å². The Hall–Kier alpha value is -2.76. The normalized spacial score (nSPS) is 14.5. The highest BCUT2D eigenvalue weighted by atomic mass is 32.2. The zero-order valence-electron chi connectivity index (χ0n) is 18.5. The van der Waals surface area contributed by atoms with E-state index in [0.29, 0.717) is 20.7 Å². The van der Waals surface area contributed by atoms with Crippen molar-refractivity contribution in [2.45, 2.75) is 42.4 Å². The minimum atomic E-state index is -0.501. The van der Waals surface area contributed by atoms with Crippen LogP contribution in [-0.4, -0.2) is 40.3 Å². The summed E-state index contributed by atoms with van der Waals surface area (Å²) in [5, 5.41) is 16.3. The highest BCUT2D eigenvalue weighted by Crippen LogP contribution is 2.44. The minimum Gasteiger partial charge on any atom is -0.462 e. The highest BCUT2D eigenvalue weighted by molar-refractivity contribution is 8.01. The van der Waals surface area contributed by atoms with Crippen molar-refractivity contribution in [2.24, 2.45) is 0 Å². The number of carbonyl (C=O) groups is 3. The standard InChI is InChI=1S/C23H24N4O4S3/c1-2-31-19(29)15-8-3-4-9-16(15)24-18(28)14-33-22-27-26-21(34-22)25-20(30)23(11-5-6-12-23)17-10-7-13-32-17/h3-4,7-10,13H,2,5-6,11-12,14H2,1H3,(H,24,28)(H,25,26,30). The van der Waals surface area contributed by atoms with Gasteiger partial charge in [0.25, 0.3) is 0 Å². The summed E-state index contributed by atoms with van der Waals surface area (Å²) in [6.07, 6.45) is 3.70. The topological polar surface area (TPSA) is 110 Å². The zero-order valence-corrected chi connectivity index (χ0v) is 21.0. The van der Waals surface area contributed by atoms with Gasteiger partial charge in [-0.05, 0) is 43.3 Å². The molecule has 11 heteroatoms. The van der Waals surface area contributed by atoms with E-state index in [4.69, 9.17) is 4.74 Å². The molecule has 2 N–H and O–H groups in total. The average Bonchev–Trinajstić information content (AvgIpc) is 3.60. The number of esters is 1. The summed E-state index contributed by atoms with van der Waals surface area (Å²) in [6.45, 7) is 1.98. The number of rotatable bonds is 9. The number of anilines is 2. The first kappa shape index (κ1) is 24.4. The van der Waals surface area contributed by atoms with E-state index in [0.717, 1.165) is 30.6 Å².